The standard InChI is InChI=1S/C26H28N4O2/c31-26(29-24-18-23(24)21-7-2-1-3-8-21)30-14-10-19(11-15-30)16-20-6-4-9-22(17-20)32-25-27-12-5-13-28-25/h1-8,12-13,16-17,22-24H,9-11,14-15,18H2,(H,29,31)/t22?,23-,24?/m0/s1. The minimum Gasteiger partial charge on any atom is -0.456 e. The van der Waals surface area contributed by atoms with Crippen LogP contribution in [-0.4, -0.2) is 46.1 Å². The van der Waals surface area contributed by atoms with E-state index in [1.54, 1.807) is 18.5 Å². The molecule has 2 unspecified atom stereocenters. The third-order valence-corrected chi connectivity index (χ3v) is 6.25. The molecule has 2 aromatic rings. The number of hydrogen-bond donors (Lipinski definition) is 1. The highest BCUT2D eigenvalue weighted by Crippen LogP contribution is 2.40. The molecular formula is C26H28N4O2. The lowest BCUT2D eigenvalue weighted by atomic mass is 9.97. The maximum absolute atomic E-state index is 12.7. The Balaban J connectivity index is 1.11. The third-order valence-electron chi connectivity index (χ3n) is 6.25. The fourth-order valence-corrected chi connectivity index (χ4v) is 4.39. The molecule has 6 nitrogen and oxygen atoms in total. The van der Waals surface area contributed by atoms with Crippen LogP contribution >= 0.6 is 0 Å². The molecule has 5 rings (SSSR count). The summed E-state index contributed by atoms with van der Waals surface area (Å²) in [6.45, 7) is 1.52. The van der Waals surface area contributed by atoms with Gasteiger partial charge in [0.1, 0.15) is 6.10 Å². The summed E-state index contributed by atoms with van der Waals surface area (Å²) < 4.78 is 5.87. The predicted octanol–water partition coefficient (Wildman–Crippen LogP) is 4.40. The van der Waals surface area contributed by atoms with Crippen LogP contribution in [0.25, 0.3) is 0 Å². The number of aromatic nitrogens is 2. The zero-order chi connectivity index (χ0) is 21.8. The van der Waals surface area contributed by atoms with E-state index in [1.165, 1.54) is 11.1 Å². The molecule has 3 aliphatic rings. The van der Waals surface area contributed by atoms with E-state index in [9.17, 15) is 4.79 Å². The first-order chi connectivity index (χ1) is 15.7. The number of allylic oxidation sites excluding steroid dienone is 3. The molecule has 164 valence electrons. The molecule has 0 bridgehead atoms. The number of benzene rings is 1. The molecule has 0 spiro atoms. The van der Waals surface area contributed by atoms with Gasteiger partial charge in [-0.25, -0.2) is 14.8 Å². The summed E-state index contributed by atoms with van der Waals surface area (Å²) in [5.74, 6) is 0.460. The second-order valence-corrected chi connectivity index (χ2v) is 8.59. The van der Waals surface area contributed by atoms with Crippen molar-refractivity contribution in [1.29, 1.82) is 0 Å². The fraction of sp³-hybridized carbons (Fsp3) is 0.346. The Kier molecular flexibility index (Phi) is 6.01. The van der Waals surface area contributed by atoms with E-state index < -0.39 is 0 Å². The Morgan fingerprint density at radius 2 is 1.88 bits per heavy atom. The molecule has 1 aromatic carbocycles. The first-order valence-electron chi connectivity index (χ1n) is 11.4. The minimum atomic E-state index is -0.0591. The largest absolute Gasteiger partial charge is 0.456 e. The topological polar surface area (TPSA) is 67.4 Å². The van der Waals surface area contributed by atoms with Crippen molar-refractivity contribution in [1.82, 2.24) is 20.2 Å². The molecule has 6 heteroatoms. The van der Waals surface area contributed by atoms with Crippen molar-refractivity contribution in [2.24, 2.45) is 0 Å². The van der Waals surface area contributed by atoms with Crippen LogP contribution in [0.5, 0.6) is 6.01 Å². The summed E-state index contributed by atoms with van der Waals surface area (Å²) in [5, 5.41) is 3.21. The summed E-state index contributed by atoms with van der Waals surface area (Å²) in [6, 6.07) is 13.0. The SMILES string of the molecule is O=C(NC1C[C@H]1c1ccccc1)N1CCC(=CC2=CC(Oc3ncccn3)CC=C2)CC1. The van der Waals surface area contributed by atoms with Gasteiger partial charge in [0.25, 0.3) is 0 Å². The summed E-state index contributed by atoms with van der Waals surface area (Å²) >= 11 is 0. The molecule has 3 atom stereocenters. The fourth-order valence-electron chi connectivity index (χ4n) is 4.39. The van der Waals surface area contributed by atoms with Gasteiger partial charge in [-0.2, -0.15) is 0 Å². The number of carbonyl (C=O) groups is 1. The highest BCUT2D eigenvalue weighted by Gasteiger charge is 2.40. The van der Waals surface area contributed by atoms with Crippen LogP contribution in [0.15, 0.2) is 84.2 Å². The zero-order valence-electron chi connectivity index (χ0n) is 18.1. The van der Waals surface area contributed by atoms with Crippen molar-refractivity contribution in [3.63, 3.8) is 0 Å². The first kappa shape index (κ1) is 20.5. The van der Waals surface area contributed by atoms with Crippen LogP contribution in [0.4, 0.5) is 4.79 Å². The van der Waals surface area contributed by atoms with E-state index in [0.29, 0.717) is 11.9 Å². The molecule has 1 saturated heterocycles. The molecule has 2 fully saturated rings. The van der Waals surface area contributed by atoms with Gasteiger partial charge in [0.2, 0.25) is 0 Å². The Labute approximate surface area is 188 Å². The van der Waals surface area contributed by atoms with Crippen LogP contribution in [0.3, 0.4) is 0 Å². The van der Waals surface area contributed by atoms with Crippen molar-refractivity contribution in [3.05, 3.63) is 89.8 Å². The lowest BCUT2D eigenvalue weighted by Crippen LogP contribution is -2.44. The van der Waals surface area contributed by atoms with E-state index in [2.05, 4.69) is 63.9 Å². The number of carbonyl (C=O) groups excluding carboxylic acids is 1. The van der Waals surface area contributed by atoms with Crippen molar-refractivity contribution >= 4 is 6.03 Å². The maximum Gasteiger partial charge on any atom is 0.317 e. The second-order valence-electron chi connectivity index (χ2n) is 8.59. The van der Waals surface area contributed by atoms with Crippen molar-refractivity contribution in [3.8, 4) is 6.01 Å². The van der Waals surface area contributed by atoms with E-state index in [4.69, 9.17) is 4.74 Å². The van der Waals surface area contributed by atoms with Gasteiger partial charge >= 0.3 is 12.0 Å². The van der Waals surface area contributed by atoms with Crippen LogP contribution in [0.2, 0.25) is 0 Å². The summed E-state index contributed by atoms with van der Waals surface area (Å²) in [6.07, 6.45) is 15.6. The number of ether oxygens (including phenoxy) is 1. The monoisotopic (exact) mass is 428 g/mol. The van der Waals surface area contributed by atoms with Gasteiger partial charge in [0.05, 0.1) is 0 Å². The van der Waals surface area contributed by atoms with Crippen molar-refractivity contribution in [2.75, 3.05) is 13.1 Å². The number of hydrogen-bond acceptors (Lipinski definition) is 4. The zero-order valence-corrected chi connectivity index (χ0v) is 18.1. The quantitative estimate of drug-likeness (QED) is 0.767. The molecule has 1 N–H and O–H groups in total. The van der Waals surface area contributed by atoms with E-state index in [1.807, 2.05) is 11.0 Å². The Bertz CT molecular complexity index is 1020. The molecule has 2 amide bonds. The summed E-state index contributed by atoms with van der Waals surface area (Å²) in [4.78, 5) is 22.9. The number of likely N-dealkylation sites (tertiary alicyclic amines) is 1. The van der Waals surface area contributed by atoms with E-state index >= 15 is 0 Å². The average molecular weight is 429 g/mol. The molecule has 1 aromatic heterocycles. The molecule has 2 heterocycles. The highest BCUT2D eigenvalue weighted by molar-refractivity contribution is 5.75. The molecule has 32 heavy (non-hydrogen) atoms. The number of nitrogens with one attached hydrogen (secondary N) is 1. The van der Waals surface area contributed by atoms with Gasteiger partial charge in [0, 0.05) is 43.9 Å². The van der Waals surface area contributed by atoms with Gasteiger partial charge in [-0.1, -0.05) is 54.1 Å². The molecule has 1 aliphatic heterocycles. The predicted molar refractivity (Wildman–Crippen MR) is 123 cm³/mol. The Morgan fingerprint density at radius 3 is 2.66 bits per heavy atom. The first-order valence-corrected chi connectivity index (χ1v) is 11.4. The lowest BCUT2D eigenvalue weighted by molar-refractivity contribution is 0.193. The number of urea groups is 1. The number of nitrogens with zero attached hydrogens (tertiary/aromatic N) is 3. The summed E-state index contributed by atoms with van der Waals surface area (Å²) in [5.41, 5.74) is 3.83. The highest BCUT2D eigenvalue weighted by atomic mass is 16.5. The van der Waals surface area contributed by atoms with E-state index in [-0.39, 0.29) is 18.2 Å². The van der Waals surface area contributed by atoms with Crippen LogP contribution in [0.1, 0.15) is 37.2 Å². The molecule has 2 aliphatic carbocycles. The third kappa shape index (κ3) is 5.07. The van der Waals surface area contributed by atoms with Gasteiger partial charge in [0.15, 0.2) is 0 Å². The van der Waals surface area contributed by atoms with E-state index in [0.717, 1.165) is 44.3 Å². The summed E-state index contributed by atoms with van der Waals surface area (Å²) in [7, 11) is 0. The number of rotatable bonds is 5. The average Bonchev–Trinajstić information content (AvgIpc) is 3.60. The van der Waals surface area contributed by atoms with Gasteiger partial charge in [-0.15, -0.1) is 0 Å². The van der Waals surface area contributed by atoms with Gasteiger partial charge in [-0.05, 0) is 42.5 Å². The van der Waals surface area contributed by atoms with Crippen LogP contribution in [0, 0.1) is 0 Å². The second kappa shape index (κ2) is 9.39. The van der Waals surface area contributed by atoms with Gasteiger partial charge < -0.3 is 15.0 Å². The maximum atomic E-state index is 12.7. The molecule has 1 saturated carbocycles. The van der Waals surface area contributed by atoms with Crippen LogP contribution in [-0.2, 0) is 0 Å². The number of piperidine rings is 1. The lowest BCUT2D eigenvalue weighted by Gasteiger charge is -2.29. The Hall–Kier alpha value is -3.41. The minimum absolute atomic E-state index is 0.0591. The van der Waals surface area contributed by atoms with Crippen molar-refractivity contribution < 1.29 is 9.53 Å². The molecule has 0 radical (unpaired) electrons. The smallest absolute Gasteiger partial charge is 0.317 e. The van der Waals surface area contributed by atoms with Crippen molar-refractivity contribution in [2.45, 2.75) is 43.7 Å². The van der Waals surface area contributed by atoms with Gasteiger partial charge in [-0.3, -0.25) is 0 Å². The number of amides is 2. The van der Waals surface area contributed by atoms with Crippen LogP contribution < -0.4 is 10.1 Å². The molecular weight excluding hydrogens is 400 g/mol. The normalized spacial score (nSPS) is 24.5. The Morgan fingerprint density at radius 1 is 1.09 bits per heavy atom.